The molecule has 0 aliphatic carbocycles. The molecule has 0 aromatic rings. The second-order valence-corrected chi connectivity index (χ2v) is 14.9. The number of carbonyl (C=O) groups excluding carboxylic acids is 1. The molecular weight excluding hydrogens is 654 g/mol. The number of carbonyl (C=O) groups is 1. The zero-order valence-electron chi connectivity index (χ0n) is 30.5. The molecule has 1 rings (SSSR count). The third-order valence-electron chi connectivity index (χ3n) is 9.42. The summed E-state index contributed by atoms with van der Waals surface area (Å²) in [6, 6.07) is -0.848. The Hall–Kier alpha value is -0.900. The van der Waals surface area contributed by atoms with Crippen LogP contribution in [0.4, 0.5) is 0 Å². The fourth-order valence-corrected chi connectivity index (χ4v) is 6.85. The zero-order chi connectivity index (χ0) is 36.3. The molecule has 0 saturated carbocycles. The summed E-state index contributed by atoms with van der Waals surface area (Å²) < 4.78 is 47.3. The number of amides is 1. The van der Waals surface area contributed by atoms with Crippen molar-refractivity contribution in [1.82, 2.24) is 5.32 Å². The number of rotatable bonds is 32. The average molecular weight is 726 g/mol. The second kappa shape index (κ2) is 28.7. The summed E-state index contributed by atoms with van der Waals surface area (Å²) in [4.78, 5) is 12.9. The third kappa shape index (κ3) is 22.6. The number of nitrogens with one attached hydrogen (secondary N) is 1. The van der Waals surface area contributed by atoms with Gasteiger partial charge in [-0.3, -0.25) is 9.35 Å². The van der Waals surface area contributed by atoms with E-state index in [-0.39, 0.29) is 12.5 Å². The van der Waals surface area contributed by atoms with E-state index in [1.54, 1.807) is 0 Å². The van der Waals surface area contributed by atoms with Gasteiger partial charge in [-0.05, 0) is 12.8 Å². The fourth-order valence-electron chi connectivity index (χ4n) is 6.34. The Bertz CT molecular complexity index is 909. The van der Waals surface area contributed by atoms with Crippen LogP contribution in [0.3, 0.4) is 0 Å². The highest BCUT2D eigenvalue weighted by Crippen LogP contribution is 2.26. The first-order chi connectivity index (χ1) is 23.5. The maximum atomic E-state index is 12.9. The normalized spacial score (nSPS) is 22.6. The van der Waals surface area contributed by atoms with Crippen molar-refractivity contribution < 1.29 is 51.8 Å². The summed E-state index contributed by atoms with van der Waals surface area (Å²) >= 11 is 0. The summed E-state index contributed by atoms with van der Waals surface area (Å²) in [6.45, 7) is 3.39. The molecule has 49 heavy (non-hydrogen) atoms. The molecule has 0 aromatic carbocycles. The predicted molar refractivity (Wildman–Crippen MR) is 190 cm³/mol. The summed E-state index contributed by atoms with van der Waals surface area (Å²) in [5, 5.41) is 44.5. The van der Waals surface area contributed by atoms with Crippen LogP contribution < -0.4 is 5.32 Å². The lowest BCUT2D eigenvalue weighted by molar-refractivity contribution is -0.298. The Morgan fingerprint density at radius 2 is 1.18 bits per heavy atom. The van der Waals surface area contributed by atoms with Crippen LogP contribution in [0.2, 0.25) is 0 Å². The zero-order valence-corrected chi connectivity index (χ0v) is 31.3. The van der Waals surface area contributed by atoms with Gasteiger partial charge in [0.25, 0.3) is 0 Å². The first-order valence-electron chi connectivity index (χ1n) is 19.4. The van der Waals surface area contributed by atoms with Crippen molar-refractivity contribution in [2.24, 2.45) is 0 Å². The average Bonchev–Trinajstić information content (AvgIpc) is 3.06. The van der Waals surface area contributed by atoms with Gasteiger partial charge in [0.15, 0.2) is 6.29 Å². The van der Waals surface area contributed by atoms with Gasteiger partial charge in [-0.2, -0.15) is 8.42 Å². The van der Waals surface area contributed by atoms with Crippen LogP contribution in [0.1, 0.15) is 168 Å². The van der Waals surface area contributed by atoms with Crippen LogP contribution in [0, 0.1) is 0 Å². The van der Waals surface area contributed by atoms with Gasteiger partial charge in [0.1, 0.15) is 24.4 Å². The standard InChI is InChI=1S/C36H71NO11S/c1-3-5-7-9-11-13-14-15-16-18-19-21-23-25-30(39)29(37-32(40)26-24-22-20-17-12-10-8-6-4-2)28-46-36-34(42)35(48-49(43,44)45)33(41)31(27-38)47-36/h29-31,33-36,38-39,41-42H,3-28H2,1-2H3,(H,37,40)(H,43,44,45)/t29-,30+,31+,33-,34+,35-,36+/m0/s1. The number of aliphatic hydroxyl groups excluding tert-OH is 4. The lowest BCUT2D eigenvalue weighted by atomic mass is 9.99. The van der Waals surface area contributed by atoms with E-state index >= 15 is 0 Å². The van der Waals surface area contributed by atoms with Gasteiger partial charge in [-0.1, -0.05) is 149 Å². The quantitative estimate of drug-likeness (QED) is 0.0359. The number of hydrogen-bond donors (Lipinski definition) is 6. The maximum absolute atomic E-state index is 12.9. The highest BCUT2D eigenvalue weighted by atomic mass is 32.3. The van der Waals surface area contributed by atoms with Crippen molar-refractivity contribution >= 4 is 16.3 Å². The first-order valence-corrected chi connectivity index (χ1v) is 20.8. The molecule has 6 N–H and O–H groups in total. The molecule has 12 nitrogen and oxygen atoms in total. The van der Waals surface area contributed by atoms with E-state index in [2.05, 4.69) is 23.3 Å². The van der Waals surface area contributed by atoms with E-state index in [4.69, 9.17) is 14.0 Å². The van der Waals surface area contributed by atoms with Crippen molar-refractivity contribution in [2.75, 3.05) is 13.2 Å². The molecule has 0 spiro atoms. The van der Waals surface area contributed by atoms with Gasteiger partial charge in [0, 0.05) is 6.42 Å². The fraction of sp³-hybridized carbons (Fsp3) is 0.972. The van der Waals surface area contributed by atoms with Crippen LogP contribution in [-0.4, -0.2) is 95.4 Å². The minimum absolute atomic E-state index is 0.234. The molecule has 0 unspecified atom stereocenters. The summed E-state index contributed by atoms with van der Waals surface area (Å²) in [5.74, 6) is -0.234. The maximum Gasteiger partial charge on any atom is 0.397 e. The summed E-state index contributed by atoms with van der Waals surface area (Å²) in [6.07, 6.45) is 16.9. The van der Waals surface area contributed by atoms with Gasteiger partial charge in [0.2, 0.25) is 5.91 Å². The molecule has 1 heterocycles. The monoisotopic (exact) mass is 725 g/mol. The van der Waals surface area contributed by atoms with Crippen LogP contribution in [0.15, 0.2) is 0 Å². The van der Waals surface area contributed by atoms with Crippen molar-refractivity contribution in [2.45, 2.75) is 211 Å². The van der Waals surface area contributed by atoms with Gasteiger partial charge < -0.3 is 35.2 Å². The van der Waals surface area contributed by atoms with Gasteiger partial charge in [-0.25, -0.2) is 4.18 Å². The van der Waals surface area contributed by atoms with Crippen LogP contribution >= 0.6 is 0 Å². The number of aliphatic hydroxyl groups is 4. The number of hydrogen-bond acceptors (Lipinski definition) is 10. The van der Waals surface area contributed by atoms with Gasteiger partial charge >= 0.3 is 10.4 Å². The van der Waals surface area contributed by atoms with Crippen molar-refractivity contribution in [3.63, 3.8) is 0 Å². The molecule has 1 saturated heterocycles. The molecular formula is C36H71NO11S. The minimum atomic E-state index is -5.06. The molecule has 7 atom stereocenters. The van der Waals surface area contributed by atoms with Crippen LogP contribution in [0.5, 0.6) is 0 Å². The van der Waals surface area contributed by atoms with E-state index in [9.17, 15) is 33.6 Å². The SMILES string of the molecule is CCCCCCCCCCCCCCC[C@@H](O)[C@H](CO[C@@H]1O[C@H](CO)[C@H](O)[C@H](OS(=O)(=O)O)[C@H]1O)NC(=O)CCCCCCCCCCC. The number of ether oxygens (including phenoxy) is 2. The molecule has 0 bridgehead atoms. The van der Waals surface area contributed by atoms with Gasteiger partial charge in [0.05, 0.1) is 25.4 Å². The van der Waals surface area contributed by atoms with Crippen molar-refractivity contribution in [1.29, 1.82) is 0 Å². The molecule has 1 amide bonds. The molecule has 0 aromatic heterocycles. The molecule has 0 radical (unpaired) electrons. The smallest absolute Gasteiger partial charge is 0.394 e. The van der Waals surface area contributed by atoms with E-state index in [1.165, 1.54) is 89.9 Å². The lowest BCUT2D eigenvalue weighted by Crippen LogP contribution is -2.61. The van der Waals surface area contributed by atoms with E-state index in [1.807, 2.05) is 0 Å². The van der Waals surface area contributed by atoms with Crippen LogP contribution in [0.25, 0.3) is 0 Å². The van der Waals surface area contributed by atoms with E-state index in [0.29, 0.717) is 12.8 Å². The Morgan fingerprint density at radius 3 is 1.63 bits per heavy atom. The highest BCUT2D eigenvalue weighted by Gasteiger charge is 2.48. The minimum Gasteiger partial charge on any atom is -0.394 e. The number of unbranched alkanes of at least 4 members (excludes halogenated alkanes) is 20. The van der Waals surface area contributed by atoms with Crippen molar-refractivity contribution in [3.05, 3.63) is 0 Å². The van der Waals surface area contributed by atoms with Crippen LogP contribution in [-0.2, 0) is 28.9 Å². The first kappa shape index (κ1) is 46.1. The topological polar surface area (TPSA) is 192 Å². The highest BCUT2D eigenvalue weighted by molar-refractivity contribution is 7.80. The molecule has 13 heteroatoms. The summed E-state index contributed by atoms with van der Waals surface area (Å²) in [7, 11) is -5.06. The molecule has 292 valence electrons. The predicted octanol–water partition coefficient (Wildman–Crippen LogP) is 5.88. The lowest BCUT2D eigenvalue weighted by Gasteiger charge is -2.41. The van der Waals surface area contributed by atoms with Crippen molar-refractivity contribution in [3.8, 4) is 0 Å². The largest absolute Gasteiger partial charge is 0.397 e. The molecule has 1 aliphatic rings. The second-order valence-electron chi connectivity index (χ2n) is 13.9. The third-order valence-corrected chi connectivity index (χ3v) is 9.88. The molecule has 1 fully saturated rings. The van der Waals surface area contributed by atoms with Gasteiger partial charge in [-0.15, -0.1) is 0 Å². The Morgan fingerprint density at radius 1 is 0.735 bits per heavy atom. The Balaban J connectivity index is 2.60. The Kier molecular flexibility index (Phi) is 27.0. The van der Waals surface area contributed by atoms with E-state index < -0.39 is 59.9 Å². The summed E-state index contributed by atoms with van der Waals surface area (Å²) in [5.41, 5.74) is 0. The molecule has 1 aliphatic heterocycles. The Labute approximate surface area is 297 Å². The van der Waals surface area contributed by atoms with E-state index in [0.717, 1.165) is 51.4 Å².